The molecule has 4 atom stereocenters. The summed E-state index contributed by atoms with van der Waals surface area (Å²) >= 11 is 0. The second kappa shape index (κ2) is 8.47. The number of aromatic nitrogens is 1. The van der Waals surface area contributed by atoms with Crippen LogP contribution < -0.4 is 4.90 Å². The van der Waals surface area contributed by atoms with Crippen molar-refractivity contribution in [3.8, 4) is 12.3 Å². The molecule has 2 aromatic rings. The van der Waals surface area contributed by atoms with E-state index in [9.17, 15) is 9.50 Å². The zero-order valence-corrected chi connectivity index (χ0v) is 18.5. The number of hydrogen-bond acceptors (Lipinski definition) is 5. The van der Waals surface area contributed by atoms with Crippen LogP contribution in [0, 0.1) is 18.3 Å². The van der Waals surface area contributed by atoms with E-state index in [1.807, 2.05) is 35.2 Å². The molecule has 0 aliphatic carbocycles. The summed E-state index contributed by atoms with van der Waals surface area (Å²) in [6.45, 7) is 2.56. The molecule has 0 spiro atoms. The summed E-state index contributed by atoms with van der Waals surface area (Å²) in [5, 5.41) is 12.1. The third-order valence-corrected chi connectivity index (χ3v) is 7.52. The SMILES string of the molecule is C#CC1N2CCC(CC2)[C@@]1(O)c1ccc(N2C[C@H](F)[C@H](OC)C2)nc1Cc1ccccc1. The number of ether oxygens (including phenoxy) is 1. The Balaban J connectivity index is 1.57. The number of alkyl halides is 1. The van der Waals surface area contributed by atoms with Crippen LogP contribution in [-0.2, 0) is 16.8 Å². The maximum absolute atomic E-state index is 14.3. The Hall–Kier alpha value is -2.46. The van der Waals surface area contributed by atoms with Crippen LogP contribution in [0.25, 0.3) is 0 Å². The molecule has 32 heavy (non-hydrogen) atoms. The molecule has 1 unspecified atom stereocenters. The molecule has 6 rings (SSSR count). The van der Waals surface area contributed by atoms with Crippen LogP contribution in [-0.4, -0.2) is 66.6 Å². The number of fused-ring (bicyclic) bond motifs is 3. The monoisotopic (exact) mass is 435 g/mol. The smallest absolute Gasteiger partial charge is 0.145 e. The molecule has 1 N–H and O–H groups in total. The zero-order chi connectivity index (χ0) is 22.3. The lowest BCUT2D eigenvalue weighted by Gasteiger charge is -2.54. The molecule has 0 amide bonds. The second-order valence-electron chi connectivity index (χ2n) is 9.23. The van der Waals surface area contributed by atoms with Crippen molar-refractivity contribution in [2.45, 2.75) is 43.2 Å². The first kappa shape index (κ1) is 21.4. The predicted molar refractivity (Wildman–Crippen MR) is 122 cm³/mol. The lowest BCUT2D eigenvalue weighted by atomic mass is 9.66. The summed E-state index contributed by atoms with van der Waals surface area (Å²) in [7, 11) is 1.54. The highest BCUT2D eigenvalue weighted by Crippen LogP contribution is 2.48. The average Bonchev–Trinajstić information content (AvgIpc) is 3.21. The molecular formula is C26H30FN3O2. The zero-order valence-electron chi connectivity index (χ0n) is 18.5. The summed E-state index contributed by atoms with van der Waals surface area (Å²) in [6, 6.07) is 13.6. The molecule has 6 heteroatoms. The van der Waals surface area contributed by atoms with Crippen LogP contribution in [0.4, 0.5) is 10.2 Å². The van der Waals surface area contributed by atoms with Crippen molar-refractivity contribution >= 4 is 5.82 Å². The first-order valence-electron chi connectivity index (χ1n) is 11.4. The molecule has 4 aliphatic heterocycles. The van der Waals surface area contributed by atoms with E-state index >= 15 is 0 Å². The Morgan fingerprint density at radius 2 is 1.94 bits per heavy atom. The average molecular weight is 436 g/mol. The van der Waals surface area contributed by atoms with Gasteiger partial charge in [-0.1, -0.05) is 42.3 Å². The van der Waals surface area contributed by atoms with Crippen molar-refractivity contribution in [2.75, 3.05) is 38.2 Å². The molecule has 4 aliphatic rings. The molecule has 2 bridgehead atoms. The van der Waals surface area contributed by atoms with Crippen molar-refractivity contribution in [3.05, 3.63) is 59.3 Å². The van der Waals surface area contributed by atoms with Crippen molar-refractivity contribution in [2.24, 2.45) is 5.92 Å². The number of methoxy groups -OCH3 is 1. The molecule has 5 heterocycles. The standard InChI is InChI=1S/C26H30FN3O2/c1-3-24-26(31,19-11-13-29(24)14-12-19)20-9-10-25(30-16-21(27)23(17-30)32-2)28-22(20)15-18-7-5-4-6-8-18/h1,4-10,19,21,23-24,31H,11-17H2,2H3/t21-,23+,24?,26+/m0/s1. The van der Waals surface area contributed by atoms with Crippen molar-refractivity contribution in [1.29, 1.82) is 0 Å². The number of halogens is 1. The Bertz CT molecular complexity index is 1000. The topological polar surface area (TPSA) is 48.8 Å². The minimum Gasteiger partial charge on any atom is -0.382 e. The Kier molecular flexibility index (Phi) is 5.66. The third-order valence-electron chi connectivity index (χ3n) is 7.52. The van der Waals surface area contributed by atoms with Crippen molar-refractivity contribution < 1.29 is 14.2 Å². The van der Waals surface area contributed by atoms with E-state index in [-0.39, 0.29) is 18.5 Å². The number of benzene rings is 1. The second-order valence-corrected chi connectivity index (χ2v) is 9.23. The van der Waals surface area contributed by atoms with Gasteiger partial charge in [0.1, 0.15) is 29.7 Å². The fourth-order valence-electron chi connectivity index (χ4n) is 5.80. The third kappa shape index (κ3) is 3.49. The molecule has 5 nitrogen and oxygen atoms in total. The van der Waals surface area contributed by atoms with Crippen LogP contribution in [0.5, 0.6) is 0 Å². The van der Waals surface area contributed by atoms with Gasteiger partial charge in [0.05, 0.1) is 12.2 Å². The van der Waals surface area contributed by atoms with Gasteiger partial charge in [-0.25, -0.2) is 9.37 Å². The first-order chi connectivity index (χ1) is 15.5. The van der Waals surface area contributed by atoms with Crippen LogP contribution in [0.15, 0.2) is 42.5 Å². The number of anilines is 1. The predicted octanol–water partition coefficient (Wildman–Crippen LogP) is 2.76. The van der Waals surface area contributed by atoms with E-state index in [2.05, 4.69) is 23.0 Å². The quantitative estimate of drug-likeness (QED) is 0.732. The van der Waals surface area contributed by atoms with Gasteiger partial charge in [-0.05, 0) is 43.5 Å². The fraction of sp³-hybridized carbons (Fsp3) is 0.500. The number of aliphatic hydroxyl groups is 1. The highest BCUT2D eigenvalue weighted by molar-refractivity contribution is 5.48. The van der Waals surface area contributed by atoms with Gasteiger partial charge in [0.15, 0.2) is 0 Å². The van der Waals surface area contributed by atoms with Gasteiger partial charge in [0.2, 0.25) is 0 Å². The van der Waals surface area contributed by atoms with Crippen LogP contribution >= 0.6 is 0 Å². The van der Waals surface area contributed by atoms with Crippen molar-refractivity contribution in [3.63, 3.8) is 0 Å². The maximum atomic E-state index is 14.3. The Morgan fingerprint density at radius 3 is 2.59 bits per heavy atom. The molecule has 4 fully saturated rings. The number of rotatable bonds is 5. The molecule has 0 radical (unpaired) electrons. The number of terminal acetylenes is 1. The molecule has 0 saturated carbocycles. The lowest BCUT2D eigenvalue weighted by Crippen LogP contribution is -2.63. The molecular weight excluding hydrogens is 405 g/mol. The van der Waals surface area contributed by atoms with E-state index < -0.39 is 17.9 Å². The molecule has 1 aromatic carbocycles. The van der Waals surface area contributed by atoms with E-state index in [0.29, 0.717) is 18.8 Å². The van der Waals surface area contributed by atoms with E-state index in [1.54, 1.807) is 7.11 Å². The number of nitrogens with zero attached hydrogens (tertiary/aromatic N) is 3. The van der Waals surface area contributed by atoms with Crippen LogP contribution in [0.1, 0.15) is 29.7 Å². The lowest BCUT2D eigenvalue weighted by molar-refractivity contribution is -0.143. The summed E-state index contributed by atoms with van der Waals surface area (Å²) in [4.78, 5) is 9.13. The van der Waals surface area contributed by atoms with Gasteiger partial charge in [0.25, 0.3) is 0 Å². The minimum absolute atomic E-state index is 0.107. The van der Waals surface area contributed by atoms with Gasteiger partial charge in [-0.2, -0.15) is 0 Å². The number of pyridine rings is 1. The largest absolute Gasteiger partial charge is 0.382 e. The summed E-state index contributed by atoms with van der Waals surface area (Å²) in [5.74, 6) is 3.70. The highest BCUT2D eigenvalue weighted by atomic mass is 19.1. The van der Waals surface area contributed by atoms with Gasteiger partial charge < -0.3 is 14.7 Å². The van der Waals surface area contributed by atoms with E-state index in [0.717, 1.165) is 42.8 Å². The first-order valence-corrected chi connectivity index (χ1v) is 11.4. The highest BCUT2D eigenvalue weighted by Gasteiger charge is 2.54. The molecule has 168 valence electrons. The van der Waals surface area contributed by atoms with E-state index in [4.69, 9.17) is 16.1 Å². The maximum Gasteiger partial charge on any atom is 0.145 e. The minimum atomic E-state index is -1.14. The Morgan fingerprint density at radius 1 is 1.19 bits per heavy atom. The van der Waals surface area contributed by atoms with Gasteiger partial charge in [-0.3, -0.25) is 4.90 Å². The van der Waals surface area contributed by atoms with E-state index in [1.165, 1.54) is 0 Å². The van der Waals surface area contributed by atoms with Crippen molar-refractivity contribution in [1.82, 2.24) is 9.88 Å². The number of hydrogen-bond donors (Lipinski definition) is 1. The fourth-order valence-corrected chi connectivity index (χ4v) is 5.80. The Labute approximate surface area is 189 Å². The molecule has 1 aromatic heterocycles. The van der Waals surface area contributed by atoms with Crippen LogP contribution in [0.3, 0.4) is 0 Å². The number of piperidine rings is 3. The summed E-state index contributed by atoms with van der Waals surface area (Å²) in [6.07, 6.45) is 6.87. The molecule has 4 saturated heterocycles. The van der Waals surface area contributed by atoms with Gasteiger partial charge >= 0.3 is 0 Å². The summed E-state index contributed by atoms with van der Waals surface area (Å²) < 4.78 is 19.6. The summed E-state index contributed by atoms with van der Waals surface area (Å²) in [5.41, 5.74) is 1.59. The van der Waals surface area contributed by atoms with Gasteiger partial charge in [-0.15, -0.1) is 6.42 Å². The van der Waals surface area contributed by atoms with Gasteiger partial charge in [0, 0.05) is 25.6 Å². The normalized spacial score (nSPS) is 33.9. The van der Waals surface area contributed by atoms with Crippen LogP contribution in [0.2, 0.25) is 0 Å².